The van der Waals surface area contributed by atoms with Crippen LogP contribution in [0, 0.1) is 17.2 Å². The quantitative estimate of drug-likeness (QED) is 0.786. The lowest BCUT2D eigenvalue weighted by atomic mass is 9.99. The molecule has 2 aromatic rings. The van der Waals surface area contributed by atoms with E-state index in [4.69, 9.17) is 4.43 Å². The van der Waals surface area contributed by atoms with Gasteiger partial charge in [0.1, 0.15) is 0 Å². The lowest BCUT2D eigenvalue weighted by Crippen LogP contribution is -2.67. The summed E-state index contributed by atoms with van der Waals surface area (Å²) in [6.07, 6.45) is 2.92. The molecule has 0 aliphatic carbocycles. The second-order valence-electron chi connectivity index (χ2n) is 8.83. The van der Waals surface area contributed by atoms with Gasteiger partial charge in [0, 0.05) is 12.0 Å². The topological polar surface area (TPSA) is 45.0 Å². The number of nitrogens with zero attached hydrogens (tertiary/aromatic N) is 1. The fraction of sp³-hybridized carbons (Fsp3) is 0.458. The van der Waals surface area contributed by atoms with Gasteiger partial charge in [-0.15, -0.1) is 0 Å². The van der Waals surface area contributed by atoms with E-state index in [0.717, 1.165) is 25.8 Å². The Morgan fingerprint density at radius 1 is 1.04 bits per heavy atom. The fourth-order valence-electron chi connectivity index (χ4n) is 4.43. The predicted molar refractivity (Wildman–Crippen MR) is 118 cm³/mol. The van der Waals surface area contributed by atoms with Crippen molar-refractivity contribution in [3.05, 3.63) is 60.7 Å². The normalized spacial score (nSPS) is 20.9. The molecule has 0 bridgehead atoms. The summed E-state index contributed by atoms with van der Waals surface area (Å²) in [4.78, 5) is 0. The lowest BCUT2D eigenvalue weighted by Gasteiger charge is -2.43. The molecule has 0 aromatic heterocycles. The molecule has 0 unspecified atom stereocenters. The molecule has 1 aliphatic heterocycles. The van der Waals surface area contributed by atoms with Gasteiger partial charge in [-0.1, -0.05) is 81.4 Å². The molecular formula is C24H32N2OSi. The van der Waals surface area contributed by atoms with Gasteiger partial charge in [0.2, 0.25) is 0 Å². The van der Waals surface area contributed by atoms with E-state index in [-0.39, 0.29) is 17.0 Å². The Kier molecular flexibility index (Phi) is 6.72. The summed E-state index contributed by atoms with van der Waals surface area (Å²) in [5.74, 6) is 0.128. The first-order valence-corrected chi connectivity index (χ1v) is 12.3. The molecule has 0 radical (unpaired) electrons. The summed E-state index contributed by atoms with van der Waals surface area (Å²) in [5.41, 5.74) is 0. The second kappa shape index (κ2) is 9.04. The van der Waals surface area contributed by atoms with Crippen molar-refractivity contribution in [1.29, 1.82) is 5.26 Å². The molecule has 1 N–H and O–H groups in total. The molecule has 0 spiro atoms. The third-order valence-corrected chi connectivity index (χ3v) is 10.8. The number of nitrogens with one attached hydrogen (secondary N) is 1. The SMILES string of the molecule is CC(C)(C)[Si](OC[C@@H]1C[C@@H](C#N)CCCN1)(c1ccccc1)c1ccccc1. The van der Waals surface area contributed by atoms with Gasteiger partial charge in [-0.25, -0.2) is 0 Å². The van der Waals surface area contributed by atoms with Gasteiger partial charge in [-0.2, -0.15) is 5.26 Å². The van der Waals surface area contributed by atoms with E-state index in [9.17, 15) is 5.26 Å². The maximum absolute atomic E-state index is 9.44. The minimum atomic E-state index is -2.50. The molecule has 2 atom stereocenters. The minimum Gasteiger partial charge on any atom is -0.406 e. The highest BCUT2D eigenvalue weighted by molar-refractivity contribution is 6.99. The van der Waals surface area contributed by atoms with E-state index in [1.54, 1.807) is 0 Å². The van der Waals surface area contributed by atoms with Crippen LogP contribution in [0.3, 0.4) is 0 Å². The van der Waals surface area contributed by atoms with Gasteiger partial charge in [0.25, 0.3) is 8.32 Å². The Morgan fingerprint density at radius 3 is 2.11 bits per heavy atom. The maximum Gasteiger partial charge on any atom is 0.261 e. The van der Waals surface area contributed by atoms with Crippen molar-refractivity contribution in [2.45, 2.75) is 51.1 Å². The zero-order valence-electron chi connectivity index (χ0n) is 17.3. The van der Waals surface area contributed by atoms with E-state index in [1.807, 2.05) is 0 Å². The molecule has 4 heteroatoms. The van der Waals surface area contributed by atoms with Crippen molar-refractivity contribution >= 4 is 18.7 Å². The van der Waals surface area contributed by atoms with Crippen molar-refractivity contribution in [3.8, 4) is 6.07 Å². The number of benzene rings is 2. The molecule has 1 aliphatic rings. The minimum absolute atomic E-state index is 0.0188. The van der Waals surface area contributed by atoms with Crippen molar-refractivity contribution in [3.63, 3.8) is 0 Å². The Hall–Kier alpha value is -1.93. The van der Waals surface area contributed by atoms with E-state index in [1.165, 1.54) is 10.4 Å². The maximum atomic E-state index is 9.44. The third-order valence-electron chi connectivity index (χ3n) is 5.83. The van der Waals surface area contributed by atoms with Gasteiger partial charge >= 0.3 is 0 Å². The molecule has 3 rings (SSSR count). The van der Waals surface area contributed by atoms with Crippen LogP contribution in [-0.4, -0.2) is 27.5 Å². The van der Waals surface area contributed by atoms with Crippen LogP contribution in [0.4, 0.5) is 0 Å². The van der Waals surface area contributed by atoms with Crippen LogP contribution < -0.4 is 15.7 Å². The van der Waals surface area contributed by atoms with Gasteiger partial charge in [0.05, 0.1) is 12.7 Å². The van der Waals surface area contributed by atoms with Crippen LogP contribution in [0.5, 0.6) is 0 Å². The molecule has 28 heavy (non-hydrogen) atoms. The Balaban J connectivity index is 1.98. The average Bonchev–Trinajstić information content (AvgIpc) is 2.94. The number of hydrogen-bond donors (Lipinski definition) is 1. The molecule has 2 aromatic carbocycles. The summed E-state index contributed by atoms with van der Waals surface area (Å²) >= 11 is 0. The van der Waals surface area contributed by atoms with Crippen LogP contribution in [0.2, 0.25) is 5.04 Å². The summed E-state index contributed by atoms with van der Waals surface area (Å²) in [5, 5.41) is 15.6. The van der Waals surface area contributed by atoms with Crippen LogP contribution in [0.15, 0.2) is 60.7 Å². The first-order chi connectivity index (χ1) is 13.5. The van der Waals surface area contributed by atoms with Crippen molar-refractivity contribution in [1.82, 2.24) is 5.32 Å². The van der Waals surface area contributed by atoms with Crippen molar-refractivity contribution in [2.24, 2.45) is 5.92 Å². The van der Waals surface area contributed by atoms with E-state index in [0.29, 0.717) is 6.61 Å². The van der Waals surface area contributed by atoms with Crippen LogP contribution >= 0.6 is 0 Å². The lowest BCUT2D eigenvalue weighted by molar-refractivity contribution is 0.242. The number of rotatable bonds is 5. The zero-order chi connectivity index (χ0) is 20.0. The van der Waals surface area contributed by atoms with Gasteiger partial charge < -0.3 is 9.74 Å². The van der Waals surface area contributed by atoms with Crippen LogP contribution in [0.1, 0.15) is 40.0 Å². The van der Waals surface area contributed by atoms with E-state index in [2.05, 4.69) is 92.8 Å². The molecule has 3 nitrogen and oxygen atoms in total. The van der Waals surface area contributed by atoms with Gasteiger partial charge in [-0.3, -0.25) is 0 Å². The standard InChI is InChI=1S/C24H32N2OSi/c1-24(2,3)28(22-12-6-4-7-13-22,23-14-8-5-9-15-23)27-19-21-17-20(18-25)11-10-16-26-21/h4-9,12-15,20-21,26H,10-11,16-17,19H2,1-3H3/t20-,21-/m0/s1. The third kappa shape index (κ3) is 4.38. The highest BCUT2D eigenvalue weighted by Gasteiger charge is 2.50. The Morgan fingerprint density at radius 2 is 1.61 bits per heavy atom. The monoisotopic (exact) mass is 392 g/mol. The largest absolute Gasteiger partial charge is 0.406 e. The Bertz CT molecular complexity index is 740. The second-order valence-corrected chi connectivity index (χ2v) is 13.1. The van der Waals surface area contributed by atoms with E-state index >= 15 is 0 Å². The smallest absolute Gasteiger partial charge is 0.261 e. The molecule has 1 saturated heterocycles. The zero-order valence-corrected chi connectivity index (χ0v) is 18.3. The summed E-state index contributed by atoms with van der Waals surface area (Å²) in [6.45, 7) is 8.52. The molecule has 148 valence electrons. The van der Waals surface area contributed by atoms with Gasteiger partial charge in [-0.05, 0) is 41.2 Å². The first-order valence-electron chi connectivity index (χ1n) is 10.4. The molecule has 1 fully saturated rings. The highest BCUT2D eigenvalue weighted by atomic mass is 28.4. The highest BCUT2D eigenvalue weighted by Crippen LogP contribution is 2.37. The van der Waals surface area contributed by atoms with Gasteiger partial charge in [0.15, 0.2) is 0 Å². The first kappa shape index (κ1) is 20.8. The molecule has 0 saturated carbocycles. The van der Waals surface area contributed by atoms with Crippen molar-refractivity contribution < 1.29 is 4.43 Å². The molecule has 0 amide bonds. The van der Waals surface area contributed by atoms with Crippen molar-refractivity contribution in [2.75, 3.05) is 13.2 Å². The van der Waals surface area contributed by atoms with Crippen LogP contribution in [0.25, 0.3) is 0 Å². The molecular weight excluding hydrogens is 360 g/mol. The summed E-state index contributed by atoms with van der Waals surface area (Å²) in [6, 6.07) is 24.2. The Labute approximate surface area is 170 Å². The van der Waals surface area contributed by atoms with Crippen LogP contribution in [-0.2, 0) is 4.43 Å². The number of hydrogen-bond acceptors (Lipinski definition) is 3. The summed E-state index contributed by atoms with van der Waals surface area (Å²) in [7, 11) is -2.50. The molecule has 1 heterocycles. The van der Waals surface area contributed by atoms with E-state index < -0.39 is 8.32 Å². The summed E-state index contributed by atoms with van der Waals surface area (Å²) < 4.78 is 7.02. The number of nitriles is 1. The predicted octanol–water partition coefficient (Wildman–Crippen LogP) is 3.84. The average molecular weight is 393 g/mol. The fourth-order valence-corrected chi connectivity index (χ4v) is 9.04.